The number of aromatic nitrogens is 3. The van der Waals surface area contributed by atoms with Gasteiger partial charge in [-0.2, -0.15) is 0 Å². The number of fused-ring (bicyclic) bond motifs is 1. The SMILES string of the molecule is COc1c(C)cccc1CNc1cnc2n(c1=O)[C@H](C(=O)NCc1ccc(N)nc1C)CC2. The van der Waals surface area contributed by atoms with Gasteiger partial charge in [-0.15, -0.1) is 0 Å². The second kappa shape index (κ2) is 9.32. The number of pyridine rings is 1. The Hall–Kier alpha value is -3.88. The third-order valence-electron chi connectivity index (χ3n) is 5.96. The molecule has 1 aliphatic heterocycles. The van der Waals surface area contributed by atoms with Crippen LogP contribution in [0.5, 0.6) is 5.75 Å². The van der Waals surface area contributed by atoms with Gasteiger partial charge in [-0.05, 0) is 37.5 Å². The molecule has 33 heavy (non-hydrogen) atoms. The molecule has 4 rings (SSSR count). The first kappa shape index (κ1) is 22.3. The van der Waals surface area contributed by atoms with E-state index in [1.807, 2.05) is 38.1 Å². The fourth-order valence-corrected chi connectivity index (χ4v) is 4.21. The molecule has 0 saturated carbocycles. The molecular formula is C24H28N6O3. The van der Waals surface area contributed by atoms with Crippen LogP contribution in [0.1, 0.15) is 40.7 Å². The van der Waals surface area contributed by atoms with Gasteiger partial charge in [0.15, 0.2) is 0 Å². The van der Waals surface area contributed by atoms with Crippen LogP contribution >= 0.6 is 0 Å². The van der Waals surface area contributed by atoms with Gasteiger partial charge < -0.3 is 21.1 Å². The summed E-state index contributed by atoms with van der Waals surface area (Å²) in [5, 5.41) is 6.09. The van der Waals surface area contributed by atoms with E-state index in [2.05, 4.69) is 20.6 Å². The number of nitrogens with zero attached hydrogens (tertiary/aromatic N) is 3. The summed E-state index contributed by atoms with van der Waals surface area (Å²) in [6.45, 7) is 4.54. The third kappa shape index (κ3) is 4.52. The lowest BCUT2D eigenvalue weighted by Gasteiger charge is -2.17. The Kier molecular flexibility index (Phi) is 6.30. The number of carbonyl (C=O) groups excluding carboxylic acids is 1. The number of benzene rings is 1. The largest absolute Gasteiger partial charge is 0.496 e. The maximum absolute atomic E-state index is 13.2. The van der Waals surface area contributed by atoms with Crippen molar-refractivity contribution in [3.63, 3.8) is 0 Å². The van der Waals surface area contributed by atoms with Gasteiger partial charge >= 0.3 is 0 Å². The summed E-state index contributed by atoms with van der Waals surface area (Å²) >= 11 is 0. The van der Waals surface area contributed by atoms with Crippen LogP contribution in [-0.2, 0) is 24.3 Å². The highest BCUT2D eigenvalue weighted by Crippen LogP contribution is 2.25. The molecule has 9 heteroatoms. The highest BCUT2D eigenvalue weighted by atomic mass is 16.5. The Morgan fingerprint density at radius 2 is 2.03 bits per heavy atom. The van der Waals surface area contributed by atoms with Gasteiger partial charge in [0.1, 0.15) is 29.1 Å². The number of anilines is 2. The van der Waals surface area contributed by atoms with E-state index in [9.17, 15) is 9.59 Å². The quantitative estimate of drug-likeness (QED) is 0.506. The lowest BCUT2D eigenvalue weighted by Crippen LogP contribution is -2.36. The van der Waals surface area contributed by atoms with Gasteiger partial charge in [0.25, 0.3) is 5.56 Å². The van der Waals surface area contributed by atoms with Gasteiger partial charge in [0.05, 0.1) is 13.3 Å². The fourth-order valence-electron chi connectivity index (χ4n) is 4.21. The molecule has 172 valence electrons. The van der Waals surface area contributed by atoms with Crippen LogP contribution in [0.3, 0.4) is 0 Å². The summed E-state index contributed by atoms with van der Waals surface area (Å²) < 4.78 is 6.99. The Labute approximate surface area is 192 Å². The maximum atomic E-state index is 13.2. The first-order valence-corrected chi connectivity index (χ1v) is 10.9. The normalized spacial score (nSPS) is 14.6. The molecular weight excluding hydrogens is 420 g/mol. The van der Waals surface area contributed by atoms with E-state index >= 15 is 0 Å². The van der Waals surface area contributed by atoms with Crippen molar-refractivity contribution < 1.29 is 9.53 Å². The van der Waals surface area contributed by atoms with E-state index < -0.39 is 6.04 Å². The molecule has 9 nitrogen and oxygen atoms in total. The highest BCUT2D eigenvalue weighted by molar-refractivity contribution is 5.81. The number of nitrogens with two attached hydrogens (primary N) is 1. The average Bonchev–Trinajstić information content (AvgIpc) is 3.23. The van der Waals surface area contributed by atoms with Gasteiger partial charge in [0, 0.05) is 30.8 Å². The first-order chi connectivity index (χ1) is 15.9. The summed E-state index contributed by atoms with van der Waals surface area (Å²) in [4.78, 5) is 34.8. The van der Waals surface area contributed by atoms with Crippen molar-refractivity contribution in [2.45, 2.75) is 45.8 Å². The molecule has 0 radical (unpaired) electrons. The van der Waals surface area contributed by atoms with Gasteiger partial charge in [-0.3, -0.25) is 14.2 Å². The molecule has 0 aliphatic carbocycles. The summed E-state index contributed by atoms with van der Waals surface area (Å²) in [5.41, 5.74) is 9.38. The standard InChI is InChI=1S/C24H28N6O3/c1-14-5-4-6-17(22(14)33-3)12-26-18-13-27-21-10-8-19(30(21)24(18)32)23(31)28-11-16-7-9-20(25)29-15(16)2/h4-7,9,13,19,26H,8,10-12H2,1-3H3,(H2,25,29)(H,28,31)/t19-/m0/s1. The van der Waals surface area contributed by atoms with Crippen molar-refractivity contribution in [3.05, 3.63) is 75.1 Å². The first-order valence-electron chi connectivity index (χ1n) is 10.9. The van der Waals surface area contributed by atoms with Crippen LogP contribution < -0.4 is 26.7 Å². The number of hydrogen-bond acceptors (Lipinski definition) is 7. The van der Waals surface area contributed by atoms with Crippen LogP contribution in [0.2, 0.25) is 0 Å². The average molecular weight is 449 g/mol. The summed E-state index contributed by atoms with van der Waals surface area (Å²) in [7, 11) is 1.63. The number of aryl methyl sites for hydroxylation is 3. The molecule has 1 aliphatic rings. The number of nitrogen functional groups attached to an aromatic ring is 1. The Morgan fingerprint density at radius 3 is 2.79 bits per heavy atom. The summed E-state index contributed by atoms with van der Waals surface area (Å²) in [6, 6.07) is 8.81. The molecule has 1 aromatic carbocycles. The second-order valence-corrected chi connectivity index (χ2v) is 8.14. The second-order valence-electron chi connectivity index (χ2n) is 8.14. The number of para-hydroxylation sites is 1. The molecule has 0 saturated heterocycles. The molecule has 4 N–H and O–H groups in total. The molecule has 3 aromatic rings. The molecule has 0 spiro atoms. The molecule has 3 heterocycles. The molecule has 1 atom stereocenters. The van der Waals surface area contributed by atoms with E-state index in [4.69, 9.17) is 10.5 Å². The number of methoxy groups -OCH3 is 1. The highest BCUT2D eigenvalue weighted by Gasteiger charge is 2.31. The van der Waals surface area contributed by atoms with Gasteiger partial charge in [0.2, 0.25) is 5.91 Å². The van der Waals surface area contributed by atoms with Crippen LogP contribution in [0.4, 0.5) is 11.5 Å². The van der Waals surface area contributed by atoms with Gasteiger partial charge in [-0.25, -0.2) is 9.97 Å². The minimum atomic E-state index is -0.600. The number of rotatable bonds is 7. The monoisotopic (exact) mass is 448 g/mol. The zero-order valence-electron chi connectivity index (χ0n) is 19.0. The number of nitrogens with one attached hydrogen (secondary N) is 2. The van der Waals surface area contributed by atoms with E-state index in [0.29, 0.717) is 43.3 Å². The van der Waals surface area contributed by atoms with Crippen molar-refractivity contribution in [1.82, 2.24) is 19.9 Å². The van der Waals surface area contributed by atoms with Crippen LogP contribution in [0.25, 0.3) is 0 Å². The van der Waals surface area contributed by atoms with E-state index in [1.54, 1.807) is 19.4 Å². The lowest BCUT2D eigenvalue weighted by molar-refractivity contribution is -0.124. The van der Waals surface area contributed by atoms with E-state index in [1.165, 1.54) is 4.57 Å². The summed E-state index contributed by atoms with van der Waals surface area (Å²) in [6.07, 6.45) is 2.64. The predicted octanol–water partition coefficient (Wildman–Crippen LogP) is 2.26. The van der Waals surface area contributed by atoms with Crippen molar-refractivity contribution >= 4 is 17.4 Å². The zero-order chi connectivity index (χ0) is 23.5. The minimum absolute atomic E-state index is 0.216. The van der Waals surface area contributed by atoms with Crippen molar-refractivity contribution in [2.24, 2.45) is 0 Å². The number of carbonyl (C=O) groups is 1. The third-order valence-corrected chi connectivity index (χ3v) is 5.96. The smallest absolute Gasteiger partial charge is 0.277 e. The van der Waals surface area contributed by atoms with Crippen molar-refractivity contribution in [3.8, 4) is 5.75 Å². The fraction of sp³-hybridized carbons (Fsp3) is 0.333. The van der Waals surface area contributed by atoms with Crippen molar-refractivity contribution in [2.75, 3.05) is 18.2 Å². The van der Waals surface area contributed by atoms with Gasteiger partial charge in [-0.1, -0.05) is 24.3 Å². The Bertz CT molecular complexity index is 1250. The topological polar surface area (TPSA) is 124 Å². The van der Waals surface area contributed by atoms with Crippen LogP contribution in [-0.4, -0.2) is 27.6 Å². The number of amides is 1. The van der Waals surface area contributed by atoms with Crippen LogP contribution in [0, 0.1) is 13.8 Å². The molecule has 0 fully saturated rings. The van der Waals surface area contributed by atoms with Crippen LogP contribution in [0.15, 0.2) is 41.3 Å². The molecule has 1 amide bonds. The van der Waals surface area contributed by atoms with Crippen molar-refractivity contribution in [1.29, 1.82) is 0 Å². The molecule has 0 unspecified atom stereocenters. The number of ether oxygens (including phenoxy) is 1. The van der Waals surface area contributed by atoms with E-state index in [-0.39, 0.29) is 11.5 Å². The van der Waals surface area contributed by atoms with E-state index in [0.717, 1.165) is 28.1 Å². The zero-order valence-corrected chi connectivity index (χ0v) is 19.0. The minimum Gasteiger partial charge on any atom is -0.496 e. The molecule has 2 aromatic heterocycles. The summed E-state index contributed by atoms with van der Waals surface area (Å²) in [5.74, 6) is 1.62. The lowest BCUT2D eigenvalue weighted by atomic mass is 10.1. The Balaban J connectivity index is 1.50. The Morgan fingerprint density at radius 1 is 1.21 bits per heavy atom. The predicted molar refractivity (Wildman–Crippen MR) is 126 cm³/mol. The number of hydrogen-bond donors (Lipinski definition) is 3. The maximum Gasteiger partial charge on any atom is 0.277 e. The molecule has 0 bridgehead atoms.